The molecule has 1 unspecified atom stereocenters. The summed E-state index contributed by atoms with van der Waals surface area (Å²) in [6.45, 7) is 2.10. The van der Waals surface area contributed by atoms with Crippen molar-refractivity contribution in [3.8, 4) is 11.8 Å². The van der Waals surface area contributed by atoms with Crippen molar-refractivity contribution in [2.75, 3.05) is 40.5 Å². The number of methoxy groups -OCH3 is 2. The highest BCUT2D eigenvalue weighted by atomic mass is 35.5. The normalized spacial score (nSPS) is 12.3. The Labute approximate surface area is 124 Å². The van der Waals surface area contributed by atoms with Gasteiger partial charge in [-0.05, 0) is 18.2 Å². The topological polar surface area (TPSA) is 65.7 Å². The van der Waals surface area contributed by atoms with E-state index in [9.17, 15) is 10.4 Å². The first-order valence-corrected chi connectivity index (χ1v) is 6.61. The number of aromatic hydroxyl groups is 1. The van der Waals surface area contributed by atoms with Gasteiger partial charge in [0, 0.05) is 37.9 Å². The number of rotatable bonds is 8. The van der Waals surface area contributed by atoms with Crippen LogP contribution in [-0.2, 0) is 9.47 Å². The standard InChI is InChI=1S/C14H19ClN2O3/c1-19-7-5-17(6-8-20-2)13(10-16)12-9-11(15)3-4-14(12)18/h3-4,9,13,18H,5-8H2,1-2H3. The third kappa shape index (κ3) is 4.66. The Bertz CT molecular complexity index is 454. The minimum atomic E-state index is -0.598. The maximum atomic E-state index is 9.94. The smallest absolute Gasteiger partial charge is 0.127 e. The molecular weight excluding hydrogens is 280 g/mol. The summed E-state index contributed by atoms with van der Waals surface area (Å²) in [7, 11) is 3.21. The zero-order chi connectivity index (χ0) is 15.0. The van der Waals surface area contributed by atoms with Crippen molar-refractivity contribution in [2.45, 2.75) is 6.04 Å². The van der Waals surface area contributed by atoms with Gasteiger partial charge in [0.2, 0.25) is 0 Å². The van der Waals surface area contributed by atoms with Gasteiger partial charge in [0.05, 0.1) is 19.3 Å². The van der Waals surface area contributed by atoms with Crippen molar-refractivity contribution in [1.82, 2.24) is 4.90 Å². The van der Waals surface area contributed by atoms with Crippen molar-refractivity contribution in [1.29, 1.82) is 5.26 Å². The van der Waals surface area contributed by atoms with E-state index in [1.807, 2.05) is 4.90 Å². The van der Waals surface area contributed by atoms with Crippen LogP contribution >= 0.6 is 11.6 Å². The molecule has 0 spiro atoms. The van der Waals surface area contributed by atoms with Crippen LogP contribution in [0.3, 0.4) is 0 Å². The van der Waals surface area contributed by atoms with Crippen LogP contribution in [0.2, 0.25) is 5.02 Å². The SMILES string of the molecule is COCCN(CCOC)C(C#N)c1cc(Cl)ccc1O. The lowest BCUT2D eigenvalue weighted by molar-refractivity contribution is 0.100. The van der Waals surface area contributed by atoms with E-state index in [-0.39, 0.29) is 5.75 Å². The van der Waals surface area contributed by atoms with Crippen LogP contribution in [-0.4, -0.2) is 50.5 Å². The molecule has 0 saturated carbocycles. The molecule has 1 N–H and O–H groups in total. The highest BCUT2D eigenvalue weighted by Crippen LogP contribution is 2.30. The number of nitriles is 1. The van der Waals surface area contributed by atoms with Gasteiger partial charge in [0.25, 0.3) is 0 Å². The van der Waals surface area contributed by atoms with E-state index >= 15 is 0 Å². The first-order chi connectivity index (χ1) is 9.63. The summed E-state index contributed by atoms with van der Waals surface area (Å²) in [6.07, 6.45) is 0. The van der Waals surface area contributed by atoms with E-state index in [0.717, 1.165) is 0 Å². The molecule has 0 radical (unpaired) electrons. The zero-order valence-corrected chi connectivity index (χ0v) is 12.4. The van der Waals surface area contributed by atoms with E-state index < -0.39 is 6.04 Å². The fraction of sp³-hybridized carbons (Fsp3) is 0.500. The number of phenols is 1. The fourth-order valence-electron chi connectivity index (χ4n) is 1.88. The summed E-state index contributed by atoms with van der Waals surface area (Å²) >= 11 is 5.94. The predicted octanol–water partition coefficient (Wildman–Crippen LogP) is 2.21. The quantitative estimate of drug-likeness (QED) is 0.797. The molecule has 1 aromatic carbocycles. The van der Waals surface area contributed by atoms with Gasteiger partial charge in [-0.15, -0.1) is 0 Å². The van der Waals surface area contributed by atoms with Gasteiger partial charge in [-0.3, -0.25) is 4.90 Å². The molecule has 1 rings (SSSR count). The Morgan fingerprint density at radius 3 is 2.40 bits per heavy atom. The predicted molar refractivity (Wildman–Crippen MR) is 76.8 cm³/mol. The van der Waals surface area contributed by atoms with E-state index in [0.29, 0.717) is 36.9 Å². The second kappa shape index (κ2) is 8.77. The van der Waals surface area contributed by atoms with E-state index in [4.69, 9.17) is 21.1 Å². The lowest BCUT2D eigenvalue weighted by Gasteiger charge is -2.27. The van der Waals surface area contributed by atoms with Crippen LogP contribution in [0.25, 0.3) is 0 Å². The molecule has 0 heterocycles. The van der Waals surface area contributed by atoms with E-state index in [1.54, 1.807) is 26.4 Å². The number of benzene rings is 1. The molecule has 0 bridgehead atoms. The van der Waals surface area contributed by atoms with E-state index in [1.165, 1.54) is 6.07 Å². The van der Waals surface area contributed by atoms with Crippen molar-refractivity contribution in [3.63, 3.8) is 0 Å². The van der Waals surface area contributed by atoms with Crippen LogP contribution < -0.4 is 0 Å². The van der Waals surface area contributed by atoms with E-state index in [2.05, 4.69) is 6.07 Å². The molecule has 1 atom stereocenters. The van der Waals surface area contributed by atoms with Crippen LogP contribution in [0, 0.1) is 11.3 Å². The van der Waals surface area contributed by atoms with Gasteiger partial charge >= 0.3 is 0 Å². The summed E-state index contributed by atoms with van der Waals surface area (Å²) in [5, 5.41) is 19.9. The lowest BCUT2D eigenvalue weighted by atomic mass is 10.1. The summed E-state index contributed by atoms with van der Waals surface area (Å²) in [5.74, 6) is 0.0563. The van der Waals surface area contributed by atoms with Crippen molar-refractivity contribution < 1.29 is 14.6 Å². The average Bonchev–Trinajstić information content (AvgIpc) is 2.45. The number of hydrogen-bond acceptors (Lipinski definition) is 5. The van der Waals surface area contributed by atoms with Gasteiger partial charge in [-0.25, -0.2) is 0 Å². The number of hydrogen-bond donors (Lipinski definition) is 1. The molecule has 0 aromatic heterocycles. The summed E-state index contributed by atoms with van der Waals surface area (Å²) in [5.41, 5.74) is 0.493. The van der Waals surface area contributed by atoms with Crippen LogP contribution in [0.15, 0.2) is 18.2 Å². The molecule has 0 fully saturated rings. The second-order valence-corrected chi connectivity index (χ2v) is 4.69. The number of ether oxygens (including phenoxy) is 2. The molecule has 20 heavy (non-hydrogen) atoms. The van der Waals surface area contributed by atoms with Crippen LogP contribution in [0.4, 0.5) is 0 Å². The van der Waals surface area contributed by atoms with Crippen molar-refractivity contribution >= 4 is 11.6 Å². The highest BCUT2D eigenvalue weighted by Gasteiger charge is 2.22. The molecule has 1 aromatic rings. The molecule has 5 nitrogen and oxygen atoms in total. The number of nitrogens with zero attached hydrogens (tertiary/aromatic N) is 2. The Kier molecular flexibility index (Phi) is 7.34. The molecule has 6 heteroatoms. The van der Waals surface area contributed by atoms with Crippen molar-refractivity contribution in [3.05, 3.63) is 28.8 Å². The van der Waals surface area contributed by atoms with Crippen molar-refractivity contribution in [2.24, 2.45) is 0 Å². The Hall–Kier alpha value is -1.32. The fourth-order valence-corrected chi connectivity index (χ4v) is 2.06. The van der Waals surface area contributed by atoms with Gasteiger partial charge < -0.3 is 14.6 Å². The number of halogens is 1. The van der Waals surface area contributed by atoms with Gasteiger partial charge in [0.15, 0.2) is 0 Å². The molecule has 0 aliphatic heterocycles. The molecule has 110 valence electrons. The molecule has 0 amide bonds. The average molecular weight is 299 g/mol. The van der Waals surface area contributed by atoms with Gasteiger partial charge in [-0.1, -0.05) is 11.6 Å². The lowest BCUT2D eigenvalue weighted by Crippen LogP contribution is -2.34. The monoisotopic (exact) mass is 298 g/mol. The maximum Gasteiger partial charge on any atom is 0.127 e. The van der Waals surface area contributed by atoms with Gasteiger partial charge in [-0.2, -0.15) is 5.26 Å². The Morgan fingerprint density at radius 1 is 1.30 bits per heavy atom. The largest absolute Gasteiger partial charge is 0.508 e. The maximum absolute atomic E-state index is 9.94. The summed E-state index contributed by atoms with van der Waals surface area (Å²) < 4.78 is 10.1. The zero-order valence-electron chi connectivity index (χ0n) is 11.7. The molecule has 0 aliphatic rings. The second-order valence-electron chi connectivity index (χ2n) is 4.26. The van der Waals surface area contributed by atoms with Crippen LogP contribution in [0.1, 0.15) is 11.6 Å². The summed E-state index contributed by atoms with van der Waals surface area (Å²) in [6, 6.07) is 6.29. The summed E-state index contributed by atoms with van der Waals surface area (Å²) in [4.78, 5) is 1.89. The van der Waals surface area contributed by atoms with Gasteiger partial charge in [0.1, 0.15) is 11.8 Å². The molecular formula is C14H19ClN2O3. The highest BCUT2D eigenvalue weighted by molar-refractivity contribution is 6.30. The third-order valence-corrected chi connectivity index (χ3v) is 3.17. The Balaban J connectivity index is 2.99. The third-order valence-electron chi connectivity index (χ3n) is 2.94. The minimum absolute atomic E-state index is 0.0563. The first kappa shape index (κ1) is 16.7. The van der Waals surface area contributed by atoms with Crippen LogP contribution in [0.5, 0.6) is 5.75 Å². The Morgan fingerprint density at radius 2 is 1.90 bits per heavy atom. The minimum Gasteiger partial charge on any atom is -0.508 e. The molecule has 0 aliphatic carbocycles. The number of phenolic OH excluding ortho intramolecular Hbond substituents is 1. The molecule has 0 saturated heterocycles. The first-order valence-electron chi connectivity index (χ1n) is 6.24.